The highest BCUT2D eigenvalue weighted by atomic mass is 19.1. The zero-order valence-corrected chi connectivity index (χ0v) is 11.2. The summed E-state index contributed by atoms with van der Waals surface area (Å²) in [6, 6.07) is 6.70. The van der Waals surface area contributed by atoms with Crippen LogP contribution in [0, 0.1) is 5.82 Å². The molecule has 0 fully saturated rings. The van der Waals surface area contributed by atoms with Crippen molar-refractivity contribution >= 4 is 0 Å². The van der Waals surface area contributed by atoms with Crippen LogP contribution in [0.15, 0.2) is 24.3 Å². The second-order valence-electron chi connectivity index (χ2n) is 4.46. The molecule has 6 heteroatoms. The molecule has 1 heterocycles. The van der Waals surface area contributed by atoms with Crippen molar-refractivity contribution in [1.82, 2.24) is 25.5 Å². The maximum atomic E-state index is 13.6. The molecule has 2 rings (SSSR count). The Morgan fingerprint density at radius 1 is 1.37 bits per heavy atom. The standard InChI is InChI=1S/C13H18FN5/c1-3-8-15-10(2)13-16-17-18-19(13)9-11-6-4-5-7-12(11)14/h4-7,10,15H,3,8-9H2,1-2H3. The Morgan fingerprint density at radius 2 is 2.16 bits per heavy atom. The summed E-state index contributed by atoms with van der Waals surface area (Å²) in [4.78, 5) is 0. The van der Waals surface area contributed by atoms with Crippen LogP contribution in [0.25, 0.3) is 0 Å². The van der Waals surface area contributed by atoms with Crippen LogP contribution in [-0.4, -0.2) is 26.8 Å². The van der Waals surface area contributed by atoms with Crippen LogP contribution in [-0.2, 0) is 6.54 Å². The van der Waals surface area contributed by atoms with E-state index >= 15 is 0 Å². The van der Waals surface area contributed by atoms with Crippen LogP contribution in [0.2, 0.25) is 0 Å². The molecule has 0 bridgehead atoms. The van der Waals surface area contributed by atoms with E-state index in [1.54, 1.807) is 22.9 Å². The molecule has 0 radical (unpaired) electrons. The average Bonchev–Trinajstić information content (AvgIpc) is 2.87. The summed E-state index contributed by atoms with van der Waals surface area (Å²) in [7, 11) is 0. The van der Waals surface area contributed by atoms with Crippen molar-refractivity contribution < 1.29 is 4.39 Å². The van der Waals surface area contributed by atoms with Crippen LogP contribution in [0.3, 0.4) is 0 Å². The first-order chi connectivity index (χ1) is 9.22. The first-order valence-electron chi connectivity index (χ1n) is 6.45. The number of nitrogens with zero attached hydrogens (tertiary/aromatic N) is 4. The van der Waals surface area contributed by atoms with Gasteiger partial charge < -0.3 is 5.32 Å². The molecule has 1 N–H and O–H groups in total. The van der Waals surface area contributed by atoms with Gasteiger partial charge in [0.05, 0.1) is 12.6 Å². The predicted molar refractivity (Wildman–Crippen MR) is 70.0 cm³/mol. The molecule has 0 amide bonds. The molecular weight excluding hydrogens is 245 g/mol. The zero-order valence-electron chi connectivity index (χ0n) is 11.2. The highest BCUT2D eigenvalue weighted by Gasteiger charge is 2.14. The summed E-state index contributed by atoms with van der Waals surface area (Å²) in [5.74, 6) is 0.481. The SMILES string of the molecule is CCCNC(C)c1nnnn1Cc1ccccc1F. The van der Waals surface area contributed by atoms with Crippen LogP contribution in [0.4, 0.5) is 4.39 Å². The van der Waals surface area contributed by atoms with E-state index in [1.807, 2.05) is 6.92 Å². The third kappa shape index (κ3) is 3.35. The Labute approximate surface area is 111 Å². The maximum Gasteiger partial charge on any atom is 0.168 e. The highest BCUT2D eigenvalue weighted by molar-refractivity contribution is 5.17. The molecule has 2 aromatic rings. The number of tetrazole rings is 1. The molecule has 0 saturated carbocycles. The lowest BCUT2D eigenvalue weighted by Gasteiger charge is -2.13. The minimum absolute atomic E-state index is 0.0433. The maximum absolute atomic E-state index is 13.6. The summed E-state index contributed by atoms with van der Waals surface area (Å²) in [5.41, 5.74) is 0.582. The normalized spacial score (nSPS) is 12.6. The van der Waals surface area contributed by atoms with Gasteiger partial charge in [0.15, 0.2) is 5.82 Å². The van der Waals surface area contributed by atoms with Gasteiger partial charge in [0, 0.05) is 5.56 Å². The van der Waals surface area contributed by atoms with Crippen molar-refractivity contribution in [2.45, 2.75) is 32.9 Å². The first-order valence-corrected chi connectivity index (χ1v) is 6.45. The van der Waals surface area contributed by atoms with Crippen molar-refractivity contribution in [2.24, 2.45) is 0 Å². The number of rotatable bonds is 6. The van der Waals surface area contributed by atoms with E-state index in [4.69, 9.17) is 0 Å². The van der Waals surface area contributed by atoms with Crippen LogP contribution < -0.4 is 5.32 Å². The molecule has 0 spiro atoms. The molecule has 5 nitrogen and oxygen atoms in total. The van der Waals surface area contributed by atoms with Gasteiger partial charge >= 0.3 is 0 Å². The van der Waals surface area contributed by atoms with Crippen molar-refractivity contribution in [3.8, 4) is 0 Å². The fourth-order valence-electron chi connectivity index (χ4n) is 1.87. The van der Waals surface area contributed by atoms with Crippen molar-refractivity contribution in [3.05, 3.63) is 41.5 Å². The lowest BCUT2D eigenvalue weighted by atomic mass is 10.2. The summed E-state index contributed by atoms with van der Waals surface area (Å²) in [6.07, 6.45) is 1.04. The average molecular weight is 263 g/mol. The van der Waals surface area contributed by atoms with Gasteiger partial charge in [-0.05, 0) is 36.4 Å². The molecule has 0 saturated heterocycles. The van der Waals surface area contributed by atoms with Gasteiger partial charge in [0.25, 0.3) is 0 Å². The van der Waals surface area contributed by atoms with Gasteiger partial charge in [-0.3, -0.25) is 0 Å². The molecule has 102 valence electrons. The van der Waals surface area contributed by atoms with Crippen LogP contribution in [0.5, 0.6) is 0 Å². The zero-order chi connectivity index (χ0) is 13.7. The fourth-order valence-corrected chi connectivity index (χ4v) is 1.87. The summed E-state index contributed by atoms with van der Waals surface area (Å²) in [5, 5.41) is 14.9. The van der Waals surface area contributed by atoms with Gasteiger partial charge in [-0.25, -0.2) is 9.07 Å². The van der Waals surface area contributed by atoms with E-state index in [1.165, 1.54) is 6.07 Å². The fraction of sp³-hybridized carbons (Fsp3) is 0.462. The second-order valence-corrected chi connectivity index (χ2v) is 4.46. The number of hydrogen-bond donors (Lipinski definition) is 1. The molecule has 0 aliphatic rings. The van der Waals surface area contributed by atoms with Gasteiger partial charge in [-0.15, -0.1) is 5.10 Å². The number of halogens is 1. The topological polar surface area (TPSA) is 55.6 Å². The minimum atomic E-state index is -0.238. The van der Waals surface area contributed by atoms with E-state index in [0.29, 0.717) is 12.1 Å². The minimum Gasteiger partial charge on any atom is -0.307 e. The summed E-state index contributed by atoms with van der Waals surface area (Å²) in [6.45, 7) is 5.34. The Hall–Kier alpha value is -1.82. The molecule has 0 aliphatic heterocycles. The Kier molecular flexibility index (Phi) is 4.57. The number of hydrogen-bond acceptors (Lipinski definition) is 4. The molecular formula is C13H18FN5. The molecule has 1 atom stereocenters. The monoisotopic (exact) mass is 263 g/mol. The highest BCUT2D eigenvalue weighted by Crippen LogP contribution is 2.12. The Balaban J connectivity index is 2.14. The van der Waals surface area contributed by atoms with Gasteiger partial charge in [0.2, 0.25) is 0 Å². The molecule has 1 aromatic carbocycles. The first kappa shape index (κ1) is 13.6. The quantitative estimate of drug-likeness (QED) is 0.865. The smallest absolute Gasteiger partial charge is 0.168 e. The van der Waals surface area contributed by atoms with Crippen LogP contribution in [0.1, 0.15) is 37.7 Å². The van der Waals surface area contributed by atoms with Gasteiger partial charge in [-0.2, -0.15) is 0 Å². The molecule has 0 aliphatic carbocycles. The number of aromatic nitrogens is 4. The molecule has 1 aromatic heterocycles. The second kappa shape index (κ2) is 6.38. The molecule has 19 heavy (non-hydrogen) atoms. The Morgan fingerprint density at radius 3 is 2.89 bits per heavy atom. The van der Waals surface area contributed by atoms with E-state index in [0.717, 1.165) is 18.8 Å². The molecule has 1 unspecified atom stereocenters. The van der Waals surface area contributed by atoms with E-state index in [-0.39, 0.29) is 11.9 Å². The van der Waals surface area contributed by atoms with Crippen molar-refractivity contribution in [2.75, 3.05) is 6.54 Å². The van der Waals surface area contributed by atoms with Gasteiger partial charge in [0.1, 0.15) is 5.82 Å². The van der Waals surface area contributed by atoms with E-state index < -0.39 is 0 Å². The van der Waals surface area contributed by atoms with E-state index in [2.05, 4.69) is 27.8 Å². The number of nitrogens with one attached hydrogen (secondary N) is 1. The van der Waals surface area contributed by atoms with Crippen LogP contribution >= 0.6 is 0 Å². The predicted octanol–water partition coefficient (Wildman–Crippen LogP) is 1.92. The van der Waals surface area contributed by atoms with E-state index in [9.17, 15) is 4.39 Å². The lowest BCUT2D eigenvalue weighted by Crippen LogP contribution is -2.23. The largest absolute Gasteiger partial charge is 0.307 e. The summed E-state index contributed by atoms with van der Waals surface area (Å²) >= 11 is 0. The Bertz CT molecular complexity index is 525. The van der Waals surface area contributed by atoms with Gasteiger partial charge in [-0.1, -0.05) is 25.1 Å². The van der Waals surface area contributed by atoms with Crippen molar-refractivity contribution in [3.63, 3.8) is 0 Å². The summed E-state index contributed by atoms with van der Waals surface area (Å²) < 4.78 is 15.3. The number of benzene rings is 1. The third-order valence-electron chi connectivity index (χ3n) is 2.93. The third-order valence-corrected chi connectivity index (χ3v) is 2.93. The lowest BCUT2D eigenvalue weighted by molar-refractivity contribution is 0.497. The van der Waals surface area contributed by atoms with Crippen molar-refractivity contribution in [1.29, 1.82) is 0 Å².